The van der Waals surface area contributed by atoms with E-state index in [4.69, 9.17) is 0 Å². The molecule has 0 aromatic heterocycles. The van der Waals surface area contributed by atoms with Gasteiger partial charge < -0.3 is 10.2 Å². The molecule has 0 atom stereocenters. The molecule has 0 saturated heterocycles. The van der Waals surface area contributed by atoms with Crippen LogP contribution >= 0.6 is 0 Å². The van der Waals surface area contributed by atoms with Gasteiger partial charge in [0.15, 0.2) is 0 Å². The molecule has 0 aliphatic carbocycles. The van der Waals surface area contributed by atoms with E-state index in [1.807, 2.05) is 6.92 Å². The van der Waals surface area contributed by atoms with E-state index in [-0.39, 0.29) is 11.4 Å². The molecule has 50 valence electrons. The van der Waals surface area contributed by atoms with E-state index in [2.05, 4.69) is 4.74 Å². The fourth-order valence-electron chi connectivity index (χ4n) is 0.246. The number of hydrogen-bond acceptors (Lipinski definition) is 2. The van der Waals surface area contributed by atoms with Crippen molar-refractivity contribution in [1.29, 1.82) is 0 Å². The van der Waals surface area contributed by atoms with Crippen LogP contribution in [-0.4, -0.2) is 18.1 Å². The van der Waals surface area contributed by atoms with Crippen molar-refractivity contribution < 1.29 is 15.0 Å². The van der Waals surface area contributed by atoms with Crippen LogP contribution in [0.5, 0.6) is 0 Å². The average molecular weight is 120 g/mol. The third kappa shape index (κ3) is 9.06. The van der Waals surface area contributed by atoms with Crippen molar-refractivity contribution in [2.24, 2.45) is 0 Å². The van der Waals surface area contributed by atoms with Crippen LogP contribution < -0.4 is 0 Å². The van der Waals surface area contributed by atoms with Gasteiger partial charge in [0, 0.05) is 6.92 Å². The minimum atomic E-state index is -0.193. The molecule has 0 amide bonds. The maximum Gasteiger partial charge on any atom is 0.302 e. The lowest BCUT2D eigenvalue weighted by Gasteiger charge is -1.93. The minimum absolute atomic E-state index is 0. The highest BCUT2D eigenvalue weighted by molar-refractivity contribution is 5.65. The lowest BCUT2D eigenvalue weighted by molar-refractivity contribution is -0.140. The third-order valence-electron chi connectivity index (χ3n) is 0.509. The van der Waals surface area contributed by atoms with Crippen LogP contribution in [-0.2, 0) is 9.53 Å². The van der Waals surface area contributed by atoms with Crippen LogP contribution in [0.3, 0.4) is 0 Å². The molecule has 0 aliphatic heterocycles. The SMILES string of the molecule is CCCOC(C)=O.O. The molecule has 0 saturated carbocycles. The second kappa shape index (κ2) is 6.43. The number of rotatable bonds is 2. The van der Waals surface area contributed by atoms with Crippen molar-refractivity contribution in [3.05, 3.63) is 0 Å². The van der Waals surface area contributed by atoms with Gasteiger partial charge in [0.25, 0.3) is 0 Å². The lowest BCUT2D eigenvalue weighted by atomic mass is 10.5. The Balaban J connectivity index is 0. The summed E-state index contributed by atoms with van der Waals surface area (Å²) in [6.07, 6.45) is 0.902. The van der Waals surface area contributed by atoms with Crippen molar-refractivity contribution >= 4 is 5.97 Å². The number of esters is 1. The predicted molar refractivity (Wildman–Crippen MR) is 30.5 cm³/mol. The maximum absolute atomic E-state index is 9.98. The Morgan fingerprint density at radius 1 is 1.62 bits per heavy atom. The van der Waals surface area contributed by atoms with Crippen LogP contribution in [0.4, 0.5) is 0 Å². The zero-order valence-corrected chi connectivity index (χ0v) is 5.23. The van der Waals surface area contributed by atoms with Crippen molar-refractivity contribution in [3.63, 3.8) is 0 Å². The third-order valence-corrected chi connectivity index (χ3v) is 0.509. The van der Waals surface area contributed by atoms with Gasteiger partial charge in [0.2, 0.25) is 0 Å². The van der Waals surface area contributed by atoms with Crippen LogP contribution in [0.1, 0.15) is 20.3 Å². The summed E-state index contributed by atoms with van der Waals surface area (Å²) in [6.45, 7) is 3.92. The fourth-order valence-corrected chi connectivity index (χ4v) is 0.246. The topological polar surface area (TPSA) is 57.8 Å². The molecule has 0 bridgehead atoms. The van der Waals surface area contributed by atoms with Gasteiger partial charge in [-0.25, -0.2) is 0 Å². The van der Waals surface area contributed by atoms with Gasteiger partial charge in [-0.1, -0.05) is 6.92 Å². The van der Waals surface area contributed by atoms with Crippen molar-refractivity contribution in [2.75, 3.05) is 6.61 Å². The van der Waals surface area contributed by atoms with Crippen LogP contribution in [0.15, 0.2) is 0 Å². The summed E-state index contributed by atoms with van der Waals surface area (Å²) in [4.78, 5) is 9.98. The highest BCUT2D eigenvalue weighted by Crippen LogP contribution is 1.78. The summed E-state index contributed by atoms with van der Waals surface area (Å²) >= 11 is 0. The summed E-state index contributed by atoms with van der Waals surface area (Å²) in [7, 11) is 0. The second-order valence-electron chi connectivity index (χ2n) is 1.34. The van der Waals surface area contributed by atoms with Gasteiger partial charge in [-0.3, -0.25) is 4.79 Å². The molecule has 0 spiro atoms. The van der Waals surface area contributed by atoms with E-state index >= 15 is 0 Å². The molecular weight excluding hydrogens is 108 g/mol. The summed E-state index contributed by atoms with van der Waals surface area (Å²) < 4.78 is 4.55. The Bertz CT molecular complexity index is 60.7. The average Bonchev–Trinajstić information content (AvgIpc) is 1.61. The molecule has 0 unspecified atom stereocenters. The molecule has 0 aromatic rings. The van der Waals surface area contributed by atoms with E-state index in [9.17, 15) is 4.79 Å². The summed E-state index contributed by atoms with van der Waals surface area (Å²) in [5.41, 5.74) is 0. The maximum atomic E-state index is 9.98. The first-order chi connectivity index (χ1) is 3.27. The Kier molecular flexibility index (Phi) is 8.37. The molecule has 8 heavy (non-hydrogen) atoms. The molecule has 0 heterocycles. The molecular formula is C5H12O3. The fraction of sp³-hybridized carbons (Fsp3) is 0.800. The molecule has 0 radical (unpaired) electrons. The Hall–Kier alpha value is -0.570. The smallest absolute Gasteiger partial charge is 0.302 e. The largest absolute Gasteiger partial charge is 0.466 e. The zero-order chi connectivity index (χ0) is 5.70. The molecule has 0 fully saturated rings. The summed E-state index contributed by atoms with van der Waals surface area (Å²) in [6, 6.07) is 0. The van der Waals surface area contributed by atoms with Gasteiger partial charge in [-0.15, -0.1) is 0 Å². The van der Waals surface area contributed by atoms with Gasteiger partial charge in [0.05, 0.1) is 6.61 Å². The van der Waals surface area contributed by atoms with Crippen molar-refractivity contribution in [3.8, 4) is 0 Å². The number of hydrogen-bond donors (Lipinski definition) is 0. The van der Waals surface area contributed by atoms with Crippen LogP contribution in [0, 0.1) is 0 Å². The van der Waals surface area contributed by atoms with Gasteiger partial charge in [-0.2, -0.15) is 0 Å². The predicted octanol–water partition coefficient (Wildman–Crippen LogP) is 0.135. The standard InChI is InChI=1S/C5H10O2.H2O/c1-3-4-7-5(2)6;/h3-4H2,1-2H3;1H2. The van der Waals surface area contributed by atoms with Gasteiger partial charge in [-0.05, 0) is 6.42 Å². The van der Waals surface area contributed by atoms with E-state index in [1.54, 1.807) is 0 Å². The number of carbonyl (C=O) groups is 1. The second-order valence-corrected chi connectivity index (χ2v) is 1.34. The lowest BCUT2D eigenvalue weighted by Crippen LogP contribution is -1.98. The molecule has 0 aliphatic rings. The molecule has 0 rings (SSSR count). The summed E-state index contributed by atoms with van der Waals surface area (Å²) in [5, 5.41) is 0. The highest BCUT2D eigenvalue weighted by Gasteiger charge is 1.85. The van der Waals surface area contributed by atoms with E-state index in [1.165, 1.54) is 6.92 Å². The summed E-state index contributed by atoms with van der Waals surface area (Å²) in [5.74, 6) is -0.193. The first-order valence-corrected chi connectivity index (χ1v) is 2.40. The van der Waals surface area contributed by atoms with Crippen LogP contribution in [0.2, 0.25) is 0 Å². The van der Waals surface area contributed by atoms with Gasteiger partial charge in [0.1, 0.15) is 0 Å². The van der Waals surface area contributed by atoms with E-state index < -0.39 is 0 Å². The first-order valence-electron chi connectivity index (χ1n) is 2.40. The Labute approximate surface area is 49.0 Å². The zero-order valence-electron chi connectivity index (χ0n) is 5.23. The number of carbonyl (C=O) groups excluding carboxylic acids is 1. The first kappa shape index (κ1) is 10.4. The molecule has 3 heteroatoms. The van der Waals surface area contributed by atoms with Crippen LogP contribution in [0.25, 0.3) is 0 Å². The quantitative estimate of drug-likeness (QED) is 0.486. The van der Waals surface area contributed by atoms with Crippen molar-refractivity contribution in [1.82, 2.24) is 0 Å². The minimum Gasteiger partial charge on any atom is -0.466 e. The Morgan fingerprint density at radius 2 is 2.12 bits per heavy atom. The molecule has 2 N–H and O–H groups in total. The Morgan fingerprint density at radius 3 is 2.25 bits per heavy atom. The van der Waals surface area contributed by atoms with E-state index in [0.29, 0.717) is 6.61 Å². The van der Waals surface area contributed by atoms with Gasteiger partial charge >= 0.3 is 5.97 Å². The normalized spacial score (nSPS) is 7.25. The van der Waals surface area contributed by atoms with Crippen molar-refractivity contribution in [2.45, 2.75) is 20.3 Å². The molecule has 0 aromatic carbocycles. The van der Waals surface area contributed by atoms with E-state index in [0.717, 1.165) is 6.42 Å². The highest BCUT2D eigenvalue weighted by atomic mass is 16.5. The monoisotopic (exact) mass is 120 g/mol. The number of ether oxygens (including phenoxy) is 1. The molecule has 3 nitrogen and oxygen atoms in total.